The minimum Gasteiger partial charge on any atom is -0.354 e. The van der Waals surface area contributed by atoms with Crippen molar-refractivity contribution >= 4 is 17.7 Å². The minimum absolute atomic E-state index is 0.158. The van der Waals surface area contributed by atoms with E-state index in [4.69, 9.17) is 0 Å². The van der Waals surface area contributed by atoms with Crippen LogP contribution in [0.2, 0.25) is 0 Å². The largest absolute Gasteiger partial charge is 0.354 e. The van der Waals surface area contributed by atoms with E-state index >= 15 is 0 Å². The number of fused-ring (bicyclic) bond motifs is 5. The second kappa shape index (κ2) is 5.89. The highest BCUT2D eigenvalue weighted by molar-refractivity contribution is 6.08. The molecule has 1 saturated heterocycles. The average molecular weight is 328 g/mol. The maximum atomic E-state index is 12.5. The number of aromatic nitrogens is 2. The van der Waals surface area contributed by atoms with Crippen LogP contribution < -0.4 is 5.32 Å². The molecule has 7 heteroatoms. The van der Waals surface area contributed by atoms with Gasteiger partial charge in [0.1, 0.15) is 6.54 Å². The van der Waals surface area contributed by atoms with Gasteiger partial charge in [0.15, 0.2) is 0 Å². The van der Waals surface area contributed by atoms with E-state index < -0.39 is 0 Å². The second-order valence-electron chi connectivity index (χ2n) is 6.77. The van der Waals surface area contributed by atoms with E-state index in [-0.39, 0.29) is 47.9 Å². The Morgan fingerprint density at radius 3 is 2.54 bits per heavy atom. The highest BCUT2D eigenvalue weighted by Crippen LogP contribution is 2.52. The highest BCUT2D eigenvalue weighted by Gasteiger charge is 2.59. The lowest BCUT2D eigenvalue weighted by molar-refractivity contribution is -0.144. The van der Waals surface area contributed by atoms with Gasteiger partial charge in [-0.05, 0) is 24.7 Å². The lowest BCUT2D eigenvalue weighted by Gasteiger charge is -2.16. The summed E-state index contributed by atoms with van der Waals surface area (Å²) in [6.45, 7) is 1.11. The Kier molecular flexibility index (Phi) is 3.70. The molecule has 1 saturated carbocycles. The van der Waals surface area contributed by atoms with Gasteiger partial charge >= 0.3 is 0 Å². The molecule has 0 spiro atoms. The average Bonchev–Trinajstić information content (AvgIpc) is 3.33. The van der Waals surface area contributed by atoms with Crippen LogP contribution in [0.3, 0.4) is 0 Å². The molecule has 4 atom stereocenters. The quantitative estimate of drug-likeness (QED) is 0.459. The number of nitrogens with one attached hydrogen (secondary N) is 1. The Hall–Kier alpha value is -2.44. The molecule has 1 N–H and O–H groups in total. The molecule has 126 valence electrons. The predicted molar refractivity (Wildman–Crippen MR) is 84.3 cm³/mol. The van der Waals surface area contributed by atoms with E-state index in [2.05, 4.69) is 22.5 Å². The third-order valence-corrected chi connectivity index (χ3v) is 5.34. The molecule has 0 radical (unpaired) electrons. The lowest BCUT2D eigenvalue weighted by atomic mass is 9.85. The maximum absolute atomic E-state index is 12.5. The summed E-state index contributed by atoms with van der Waals surface area (Å²) in [7, 11) is 0. The normalized spacial score (nSPS) is 30.2. The van der Waals surface area contributed by atoms with Crippen molar-refractivity contribution in [3.05, 3.63) is 30.9 Å². The van der Waals surface area contributed by atoms with Crippen LogP contribution in [-0.4, -0.2) is 45.3 Å². The summed E-state index contributed by atoms with van der Waals surface area (Å²) in [4.78, 5) is 42.2. The Bertz CT molecular complexity index is 667. The van der Waals surface area contributed by atoms with Gasteiger partial charge in [-0.2, -0.15) is 0 Å². The fourth-order valence-electron chi connectivity index (χ4n) is 4.23. The van der Waals surface area contributed by atoms with Crippen molar-refractivity contribution < 1.29 is 14.4 Å². The molecule has 2 bridgehead atoms. The van der Waals surface area contributed by atoms with Crippen molar-refractivity contribution in [1.82, 2.24) is 19.8 Å². The van der Waals surface area contributed by atoms with Gasteiger partial charge in [-0.3, -0.25) is 19.3 Å². The van der Waals surface area contributed by atoms with E-state index in [1.807, 2.05) is 10.8 Å². The molecule has 0 aromatic carbocycles. The number of carbonyl (C=O) groups excluding carboxylic acids is 3. The number of carbonyl (C=O) groups is 3. The van der Waals surface area contributed by atoms with Crippen molar-refractivity contribution in [3.8, 4) is 0 Å². The SMILES string of the molecule is O=C(CN1C(=O)C2C3C=CC(C3)C2C1=O)NCCCn1ccnc1. The van der Waals surface area contributed by atoms with Crippen LogP contribution in [0.15, 0.2) is 30.9 Å². The first-order chi connectivity index (χ1) is 11.6. The third kappa shape index (κ3) is 2.44. The van der Waals surface area contributed by atoms with Crippen molar-refractivity contribution in [2.45, 2.75) is 19.4 Å². The fraction of sp³-hybridized carbons (Fsp3) is 0.529. The molecule has 2 heterocycles. The van der Waals surface area contributed by atoms with E-state index in [1.165, 1.54) is 0 Å². The second-order valence-corrected chi connectivity index (χ2v) is 6.77. The molecule has 4 rings (SSSR count). The zero-order chi connectivity index (χ0) is 16.7. The van der Waals surface area contributed by atoms with Crippen LogP contribution in [0.4, 0.5) is 0 Å². The third-order valence-electron chi connectivity index (χ3n) is 5.34. The Morgan fingerprint density at radius 2 is 1.92 bits per heavy atom. The Labute approximate surface area is 139 Å². The predicted octanol–water partition coefficient (Wildman–Crippen LogP) is 0.197. The fourth-order valence-corrected chi connectivity index (χ4v) is 4.23. The smallest absolute Gasteiger partial charge is 0.240 e. The minimum atomic E-state index is -0.275. The summed E-state index contributed by atoms with van der Waals surface area (Å²) in [6.07, 6.45) is 11.1. The number of amides is 3. The number of hydrogen-bond acceptors (Lipinski definition) is 4. The first-order valence-corrected chi connectivity index (χ1v) is 8.41. The topological polar surface area (TPSA) is 84.3 Å². The van der Waals surface area contributed by atoms with E-state index in [9.17, 15) is 14.4 Å². The molecule has 4 unspecified atom stereocenters. The first-order valence-electron chi connectivity index (χ1n) is 8.41. The van der Waals surface area contributed by atoms with Gasteiger partial charge in [0.05, 0.1) is 18.2 Å². The van der Waals surface area contributed by atoms with Gasteiger partial charge in [0.25, 0.3) is 0 Å². The summed E-state index contributed by atoms with van der Waals surface area (Å²) in [6, 6.07) is 0. The highest BCUT2D eigenvalue weighted by atomic mass is 16.2. The van der Waals surface area contributed by atoms with Crippen molar-refractivity contribution in [1.29, 1.82) is 0 Å². The van der Waals surface area contributed by atoms with Crippen LogP contribution in [0, 0.1) is 23.7 Å². The van der Waals surface area contributed by atoms with Crippen molar-refractivity contribution in [2.24, 2.45) is 23.7 Å². The monoisotopic (exact) mass is 328 g/mol. The Morgan fingerprint density at radius 1 is 1.21 bits per heavy atom. The van der Waals surface area contributed by atoms with Crippen LogP contribution in [-0.2, 0) is 20.9 Å². The molecular weight excluding hydrogens is 308 g/mol. The van der Waals surface area contributed by atoms with Crippen molar-refractivity contribution in [3.63, 3.8) is 0 Å². The van der Waals surface area contributed by atoms with Gasteiger partial charge in [-0.25, -0.2) is 4.98 Å². The van der Waals surface area contributed by atoms with Gasteiger partial charge in [-0.1, -0.05) is 12.2 Å². The Balaban J connectivity index is 1.27. The summed E-state index contributed by atoms with van der Waals surface area (Å²) in [5.41, 5.74) is 0. The van der Waals surface area contributed by atoms with Crippen LogP contribution >= 0.6 is 0 Å². The molecule has 1 aliphatic heterocycles. The maximum Gasteiger partial charge on any atom is 0.240 e. The molecule has 3 aliphatic rings. The summed E-state index contributed by atoms with van der Waals surface area (Å²) < 4.78 is 1.93. The zero-order valence-corrected chi connectivity index (χ0v) is 13.3. The van der Waals surface area contributed by atoms with Gasteiger partial charge in [0.2, 0.25) is 17.7 Å². The number of aryl methyl sites for hydroxylation is 1. The van der Waals surface area contributed by atoms with Gasteiger partial charge < -0.3 is 9.88 Å². The lowest BCUT2D eigenvalue weighted by Crippen LogP contribution is -2.42. The van der Waals surface area contributed by atoms with Gasteiger partial charge in [-0.15, -0.1) is 0 Å². The number of imide groups is 1. The molecule has 1 aromatic rings. The molecule has 1 aromatic heterocycles. The standard InChI is InChI=1S/C17H20N4O3/c22-13(19-4-1-6-20-7-5-18-10-20)9-21-16(23)14-11-2-3-12(8-11)15(14)17(21)24/h2-3,5,7,10-12,14-15H,1,4,6,8-9H2,(H,19,22). The van der Waals surface area contributed by atoms with E-state index in [0.29, 0.717) is 6.54 Å². The van der Waals surface area contributed by atoms with E-state index in [1.54, 1.807) is 12.5 Å². The molecule has 3 amide bonds. The summed E-state index contributed by atoms with van der Waals surface area (Å²) in [5.74, 6) is -0.726. The molecule has 2 aliphatic carbocycles. The molecule has 7 nitrogen and oxygen atoms in total. The number of rotatable bonds is 6. The first kappa shape index (κ1) is 15.1. The summed E-state index contributed by atoms with van der Waals surface area (Å²) in [5, 5.41) is 2.78. The summed E-state index contributed by atoms with van der Waals surface area (Å²) >= 11 is 0. The number of likely N-dealkylation sites (tertiary alicyclic amines) is 1. The van der Waals surface area contributed by atoms with Crippen LogP contribution in [0.1, 0.15) is 12.8 Å². The molecule has 2 fully saturated rings. The van der Waals surface area contributed by atoms with E-state index in [0.717, 1.165) is 24.3 Å². The van der Waals surface area contributed by atoms with Crippen LogP contribution in [0.25, 0.3) is 0 Å². The van der Waals surface area contributed by atoms with Crippen molar-refractivity contribution in [2.75, 3.05) is 13.1 Å². The number of nitrogens with zero attached hydrogens (tertiary/aromatic N) is 3. The van der Waals surface area contributed by atoms with Crippen LogP contribution in [0.5, 0.6) is 0 Å². The number of allylic oxidation sites excluding steroid dienone is 2. The number of hydrogen-bond donors (Lipinski definition) is 1. The molecule has 24 heavy (non-hydrogen) atoms. The molecular formula is C17H20N4O3. The number of imidazole rings is 1. The zero-order valence-electron chi connectivity index (χ0n) is 13.3. The van der Waals surface area contributed by atoms with Gasteiger partial charge in [0, 0.05) is 25.5 Å².